The number of carboxylic acids is 1. The number of aliphatic carboxylic acids is 1. The topological polar surface area (TPSA) is 161 Å². The summed E-state index contributed by atoms with van der Waals surface area (Å²) in [7, 11) is -1.46. The van der Waals surface area contributed by atoms with Crippen molar-refractivity contribution in [1.29, 1.82) is 0 Å². The summed E-state index contributed by atoms with van der Waals surface area (Å²) in [5, 5.41) is 18.1. The molecular weight excluding hydrogens is 312 g/mol. The first-order valence-corrected chi connectivity index (χ1v) is 8.21. The van der Waals surface area contributed by atoms with Crippen LogP contribution in [0.15, 0.2) is 0 Å². The lowest BCUT2D eigenvalue weighted by Gasteiger charge is -2.42. The first kappa shape index (κ1) is 21.9. The number of aliphatic hydroxyl groups excluding tert-OH is 1. The van der Waals surface area contributed by atoms with Gasteiger partial charge in [-0.25, -0.2) is 13.2 Å². The minimum Gasteiger partial charge on any atom is -0.726 e. The van der Waals surface area contributed by atoms with Crippen LogP contribution in [-0.4, -0.2) is 83.1 Å². The number of rotatable bonds is 7. The van der Waals surface area contributed by atoms with Crippen molar-refractivity contribution < 1.29 is 37.0 Å². The summed E-state index contributed by atoms with van der Waals surface area (Å²) in [6.07, 6.45) is 2.30. The highest BCUT2D eigenvalue weighted by atomic mass is 32.3. The highest BCUT2D eigenvalue weighted by Gasteiger charge is 2.48. The van der Waals surface area contributed by atoms with Gasteiger partial charge in [0.15, 0.2) is 0 Å². The van der Waals surface area contributed by atoms with Crippen LogP contribution in [0.2, 0.25) is 0 Å². The number of nitrogens with zero attached hydrogens (tertiary/aromatic N) is 1. The molecule has 0 aromatic rings. The number of carbonyl (C=O) groups is 1. The van der Waals surface area contributed by atoms with Crippen molar-refractivity contribution in [1.82, 2.24) is 0 Å². The van der Waals surface area contributed by atoms with E-state index in [9.17, 15) is 9.90 Å². The maximum absolute atomic E-state index is 11.2. The van der Waals surface area contributed by atoms with Crippen LogP contribution in [0.3, 0.4) is 0 Å². The fraction of sp³-hybridized carbons (Fsp3) is 0.889. The first-order chi connectivity index (χ1) is 8.81. The number of aliphatic hydroxyl groups is 1. The zero-order valence-electron chi connectivity index (χ0n) is 11.6. The molecule has 20 heavy (non-hydrogen) atoms. The fourth-order valence-electron chi connectivity index (χ4n) is 1.38. The van der Waals surface area contributed by atoms with Gasteiger partial charge in [0.2, 0.25) is 16.1 Å². The molecule has 5 N–H and O–H groups in total. The van der Waals surface area contributed by atoms with E-state index in [-0.39, 0.29) is 11.1 Å². The monoisotopic (exact) mass is 334 g/mol. The van der Waals surface area contributed by atoms with E-state index in [1.54, 1.807) is 25.9 Å². The molecule has 0 fully saturated rings. The smallest absolute Gasteiger partial charge is 0.382 e. The summed E-state index contributed by atoms with van der Waals surface area (Å²) in [5.74, 6) is -0.328. The van der Waals surface area contributed by atoms with Crippen LogP contribution in [0.25, 0.3) is 0 Å². The quantitative estimate of drug-likeness (QED) is 0.189. The Morgan fingerprint density at radius 1 is 1.45 bits per heavy atom. The van der Waals surface area contributed by atoms with Crippen molar-refractivity contribution in [3.63, 3.8) is 0 Å². The van der Waals surface area contributed by atoms with Gasteiger partial charge in [0, 0.05) is 12.2 Å². The SMILES string of the molecule is CSCCC(N)(C(=O)O)[N+](C)(C)CCO.O=S(=O)([O-])O. The summed E-state index contributed by atoms with van der Waals surface area (Å²) in [6.45, 7) is 0.260. The summed E-state index contributed by atoms with van der Waals surface area (Å²) >= 11 is 1.56. The normalized spacial score (nSPS) is 14.9. The lowest BCUT2D eigenvalue weighted by atomic mass is 10.0. The van der Waals surface area contributed by atoms with Crippen LogP contribution in [0.5, 0.6) is 0 Å². The van der Waals surface area contributed by atoms with Crippen LogP contribution >= 0.6 is 11.8 Å². The number of likely N-dealkylation sites (N-methyl/N-ethyl adjacent to an activating group) is 1. The van der Waals surface area contributed by atoms with Crippen molar-refractivity contribution in [3.05, 3.63) is 0 Å². The van der Waals surface area contributed by atoms with E-state index < -0.39 is 22.0 Å². The molecule has 9 nitrogen and oxygen atoms in total. The van der Waals surface area contributed by atoms with E-state index in [0.717, 1.165) is 0 Å². The molecule has 0 aliphatic rings. The van der Waals surface area contributed by atoms with Gasteiger partial charge in [0.1, 0.15) is 6.54 Å². The highest BCUT2D eigenvalue weighted by molar-refractivity contribution is 7.98. The maximum Gasteiger partial charge on any atom is 0.382 e. The Kier molecular flexibility index (Phi) is 9.58. The number of thioether (sulfide) groups is 1. The molecule has 122 valence electrons. The van der Waals surface area contributed by atoms with E-state index in [1.165, 1.54) is 0 Å². The number of hydrogen-bond acceptors (Lipinski definition) is 7. The van der Waals surface area contributed by atoms with Gasteiger partial charge in [-0.1, -0.05) is 0 Å². The van der Waals surface area contributed by atoms with Gasteiger partial charge in [-0.2, -0.15) is 11.8 Å². The third-order valence-corrected chi connectivity index (χ3v) is 3.41. The molecule has 0 bridgehead atoms. The van der Waals surface area contributed by atoms with E-state index in [0.29, 0.717) is 18.7 Å². The first-order valence-electron chi connectivity index (χ1n) is 5.45. The molecule has 0 radical (unpaired) electrons. The lowest BCUT2D eigenvalue weighted by molar-refractivity contribution is -0.932. The maximum atomic E-state index is 11.2. The van der Waals surface area contributed by atoms with E-state index in [2.05, 4.69) is 0 Å². The van der Waals surface area contributed by atoms with Crippen LogP contribution < -0.4 is 5.73 Å². The molecular formula is C9H22N2O7S2. The van der Waals surface area contributed by atoms with Crippen molar-refractivity contribution in [3.8, 4) is 0 Å². The van der Waals surface area contributed by atoms with Crippen LogP contribution in [-0.2, 0) is 15.2 Å². The predicted octanol–water partition coefficient (Wildman–Crippen LogP) is -1.45. The summed E-state index contributed by atoms with van der Waals surface area (Å²) in [5.41, 5.74) is 4.61. The van der Waals surface area contributed by atoms with Crippen LogP contribution in [0.4, 0.5) is 0 Å². The minimum atomic E-state index is -4.92. The van der Waals surface area contributed by atoms with Crippen LogP contribution in [0, 0.1) is 0 Å². The molecule has 0 heterocycles. The average Bonchev–Trinajstić information content (AvgIpc) is 2.22. The van der Waals surface area contributed by atoms with Crippen molar-refractivity contribution in [2.75, 3.05) is 39.3 Å². The standard InChI is InChI=1S/C9H20N2O3S.H2O4S/c1-11(2,5-6-12)9(10,8(13)14)4-7-15-3;1-5(2,3)4/h12H,4-7,10H2,1-3H3;(H2,1,2,3,4). The lowest BCUT2D eigenvalue weighted by Crippen LogP contribution is -2.70. The van der Waals surface area contributed by atoms with Gasteiger partial charge in [0.25, 0.3) is 0 Å². The van der Waals surface area contributed by atoms with E-state index in [1.807, 2.05) is 6.26 Å². The average molecular weight is 334 g/mol. The zero-order chi connectivity index (χ0) is 16.6. The Morgan fingerprint density at radius 2 is 1.85 bits per heavy atom. The highest BCUT2D eigenvalue weighted by Crippen LogP contribution is 2.21. The molecule has 0 aliphatic heterocycles. The molecule has 1 atom stereocenters. The van der Waals surface area contributed by atoms with Gasteiger partial charge in [-0.05, 0) is 6.26 Å². The third kappa shape index (κ3) is 8.68. The minimum absolute atomic E-state index is 0.0709. The van der Waals surface area contributed by atoms with Gasteiger partial charge in [-0.3, -0.25) is 14.8 Å². The summed E-state index contributed by atoms with van der Waals surface area (Å²) in [4.78, 5) is 11.2. The second kappa shape index (κ2) is 8.77. The zero-order valence-corrected chi connectivity index (χ0v) is 13.3. The molecule has 0 saturated carbocycles. The number of hydrogen-bond donors (Lipinski definition) is 4. The molecule has 0 aromatic heterocycles. The number of nitrogens with two attached hydrogens (primary N) is 1. The molecule has 0 aromatic carbocycles. The Hall–Kier alpha value is -0.430. The fourth-order valence-corrected chi connectivity index (χ4v) is 1.89. The van der Waals surface area contributed by atoms with Gasteiger partial charge in [-0.15, -0.1) is 0 Å². The number of quaternary nitrogens is 1. The molecule has 0 amide bonds. The molecule has 0 aliphatic carbocycles. The Labute approximate surface area is 122 Å². The van der Waals surface area contributed by atoms with Gasteiger partial charge < -0.3 is 14.8 Å². The number of carboxylic acid groups (broad SMARTS) is 1. The third-order valence-electron chi connectivity index (χ3n) is 2.80. The largest absolute Gasteiger partial charge is 0.726 e. The molecule has 0 saturated heterocycles. The van der Waals surface area contributed by atoms with Gasteiger partial charge >= 0.3 is 5.97 Å². The van der Waals surface area contributed by atoms with Crippen molar-refractivity contribution in [2.24, 2.45) is 5.73 Å². The van der Waals surface area contributed by atoms with Crippen LogP contribution in [0.1, 0.15) is 6.42 Å². The molecule has 0 spiro atoms. The Balaban J connectivity index is 0. The second-order valence-corrected chi connectivity index (χ2v) is 6.37. The molecule has 1 unspecified atom stereocenters. The van der Waals surface area contributed by atoms with Crippen molar-refractivity contribution >= 4 is 28.1 Å². The summed E-state index contributed by atoms with van der Waals surface area (Å²) < 4.78 is 32.9. The van der Waals surface area contributed by atoms with E-state index >= 15 is 0 Å². The summed E-state index contributed by atoms with van der Waals surface area (Å²) in [6, 6.07) is 0. The second-order valence-electron chi connectivity index (χ2n) is 4.53. The Bertz CT molecular complexity index is 391. The van der Waals surface area contributed by atoms with E-state index in [4.69, 9.17) is 28.4 Å². The Morgan fingerprint density at radius 3 is 2.10 bits per heavy atom. The molecule has 11 heteroatoms. The van der Waals surface area contributed by atoms with Crippen molar-refractivity contribution in [2.45, 2.75) is 12.1 Å². The predicted molar refractivity (Wildman–Crippen MR) is 73.9 cm³/mol. The van der Waals surface area contributed by atoms with Gasteiger partial charge in [0.05, 0.1) is 20.7 Å². The molecule has 0 rings (SSSR count).